The van der Waals surface area contributed by atoms with Crippen molar-refractivity contribution >= 4 is 0 Å². The van der Waals surface area contributed by atoms with Gasteiger partial charge in [0.15, 0.2) is 11.8 Å². The number of hydrogen-bond acceptors (Lipinski definition) is 2. The molecule has 1 saturated heterocycles. The normalized spacial score (nSPS) is 28.7. The molecular formula is C19H24FNO. The first-order chi connectivity index (χ1) is 10.6. The average molecular weight is 301 g/mol. The SMILES string of the molecule is CC1(F)C=CC=CC1Oc1ccccc1CC1CCNCC1. The molecule has 2 nitrogen and oxygen atoms in total. The molecule has 2 atom stereocenters. The van der Waals surface area contributed by atoms with E-state index in [9.17, 15) is 4.39 Å². The molecule has 3 rings (SSSR count). The minimum absolute atomic E-state index is 0.563. The van der Waals surface area contributed by atoms with Crippen LogP contribution in [-0.4, -0.2) is 24.9 Å². The first-order valence-corrected chi connectivity index (χ1v) is 8.15. The number of ether oxygens (including phenoxy) is 1. The van der Waals surface area contributed by atoms with Gasteiger partial charge in [0.25, 0.3) is 0 Å². The Morgan fingerprint density at radius 3 is 2.77 bits per heavy atom. The number of halogens is 1. The molecule has 1 aromatic rings. The number of alkyl halides is 1. The van der Waals surface area contributed by atoms with Crippen LogP contribution in [0, 0.1) is 5.92 Å². The van der Waals surface area contributed by atoms with Gasteiger partial charge in [0.2, 0.25) is 0 Å². The molecule has 1 aromatic carbocycles. The third-order valence-corrected chi connectivity index (χ3v) is 4.57. The molecule has 0 spiro atoms. The maximum absolute atomic E-state index is 14.5. The molecule has 0 saturated carbocycles. The molecule has 3 heteroatoms. The number of rotatable bonds is 4. The van der Waals surface area contributed by atoms with Crippen LogP contribution < -0.4 is 10.1 Å². The molecule has 1 aliphatic carbocycles. The van der Waals surface area contributed by atoms with E-state index in [-0.39, 0.29) is 0 Å². The fraction of sp³-hybridized carbons (Fsp3) is 0.474. The summed E-state index contributed by atoms with van der Waals surface area (Å²) >= 11 is 0. The topological polar surface area (TPSA) is 21.3 Å². The molecule has 2 unspecified atom stereocenters. The van der Waals surface area contributed by atoms with Crippen LogP contribution in [0.1, 0.15) is 25.3 Å². The minimum atomic E-state index is -1.46. The first kappa shape index (κ1) is 15.3. The Morgan fingerprint density at radius 2 is 2.00 bits per heavy atom. The van der Waals surface area contributed by atoms with Gasteiger partial charge in [-0.3, -0.25) is 0 Å². The fourth-order valence-corrected chi connectivity index (χ4v) is 3.17. The number of nitrogens with one attached hydrogen (secondary N) is 1. The zero-order chi connectivity index (χ0) is 15.4. The molecule has 0 bridgehead atoms. The maximum Gasteiger partial charge on any atom is 0.166 e. The van der Waals surface area contributed by atoms with Gasteiger partial charge in [-0.1, -0.05) is 30.4 Å². The van der Waals surface area contributed by atoms with Gasteiger partial charge in [0.1, 0.15) is 5.75 Å². The van der Waals surface area contributed by atoms with Crippen molar-refractivity contribution in [2.24, 2.45) is 5.92 Å². The lowest BCUT2D eigenvalue weighted by atomic mass is 9.90. The first-order valence-electron chi connectivity index (χ1n) is 8.15. The second-order valence-electron chi connectivity index (χ2n) is 6.44. The molecule has 1 heterocycles. The van der Waals surface area contributed by atoms with E-state index in [1.807, 2.05) is 24.3 Å². The van der Waals surface area contributed by atoms with E-state index in [1.54, 1.807) is 25.2 Å². The van der Waals surface area contributed by atoms with E-state index in [1.165, 1.54) is 18.4 Å². The highest BCUT2D eigenvalue weighted by Gasteiger charge is 2.33. The Kier molecular flexibility index (Phi) is 4.63. The van der Waals surface area contributed by atoms with Gasteiger partial charge in [0.05, 0.1) is 0 Å². The Balaban J connectivity index is 1.73. The largest absolute Gasteiger partial charge is 0.482 e. The van der Waals surface area contributed by atoms with Gasteiger partial charge < -0.3 is 10.1 Å². The van der Waals surface area contributed by atoms with Crippen molar-refractivity contribution in [3.63, 3.8) is 0 Å². The predicted molar refractivity (Wildman–Crippen MR) is 87.9 cm³/mol. The lowest BCUT2D eigenvalue weighted by Crippen LogP contribution is -2.37. The number of para-hydroxylation sites is 1. The summed E-state index contributed by atoms with van der Waals surface area (Å²) in [6, 6.07) is 8.06. The van der Waals surface area contributed by atoms with Gasteiger partial charge in [-0.2, -0.15) is 0 Å². The monoisotopic (exact) mass is 301 g/mol. The lowest BCUT2D eigenvalue weighted by Gasteiger charge is -2.29. The molecule has 0 aromatic heterocycles. The lowest BCUT2D eigenvalue weighted by molar-refractivity contribution is 0.0889. The van der Waals surface area contributed by atoms with Crippen LogP contribution in [0.15, 0.2) is 48.6 Å². The van der Waals surface area contributed by atoms with E-state index < -0.39 is 11.8 Å². The second-order valence-corrected chi connectivity index (χ2v) is 6.44. The summed E-state index contributed by atoms with van der Waals surface area (Å²) in [6.07, 6.45) is 9.78. The van der Waals surface area contributed by atoms with Gasteiger partial charge in [-0.15, -0.1) is 0 Å². The van der Waals surface area contributed by atoms with Crippen LogP contribution in [-0.2, 0) is 6.42 Å². The third kappa shape index (κ3) is 3.58. The van der Waals surface area contributed by atoms with Crippen molar-refractivity contribution in [1.29, 1.82) is 0 Å². The van der Waals surface area contributed by atoms with Crippen molar-refractivity contribution < 1.29 is 9.13 Å². The zero-order valence-corrected chi connectivity index (χ0v) is 13.1. The van der Waals surface area contributed by atoms with Crippen LogP contribution in [0.3, 0.4) is 0 Å². The number of hydrogen-bond donors (Lipinski definition) is 1. The Bertz CT molecular complexity index is 558. The zero-order valence-electron chi connectivity index (χ0n) is 13.1. The molecule has 1 N–H and O–H groups in total. The summed E-state index contributed by atoms with van der Waals surface area (Å²) in [4.78, 5) is 0. The third-order valence-electron chi connectivity index (χ3n) is 4.57. The average Bonchev–Trinajstić information content (AvgIpc) is 2.52. The van der Waals surface area contributed by atoms with E-state index in [0.717, 1.165) is 25.3 Å². The maximum atomic E-state index is 14.5. The molecule has 2 aliphatic rings. The summed E-state index contributed by atoms with van der Waals surface area (Å²) < 4.78 is 20.6. The summed E-state index contributed by atoms with van der Waals surface area (Å²) in [5, 5.41) is 3.39. The molecular weight excluding hydrogens is 277 g/mol. The van der Waals surface area contributed by atoms with Crippen molar-refractivity contribution in [2.75, 3.05) is 13.1 Å². The van der Waals surface area contributed by atoms with Gasteiger partial charge in [-0.05, 0) is 69.0 Å². The molecule has 22 heavy (non-hydrogen) atoms. The minimum Gasteiger partial charge on any atom is -0.482 e. The van der Waals surface area contributed by atoms with E-state index in [4.69, 9.17) is 4.74 Å². The summed E-state index contributed by atoms with van der Waals surface area (Å²) in [7, 11) is 0. The van der Waals surface area contributed by atoms with Crippen LogP contribution in [0.2, 0.25) is 0 Å². The van der Waals surface area contributed by atoms with Gasteiger partial charge >= 0.3 is 0 Å². The van der Waals surface area contributed by atoms with Crippen LogP contribution >= 0.6 is 0 Å². The van der Waals surface area contributed by atoms with Crippen molar-refractivity contribution in [2.45, 2.75) is 38.0 Å². The van der Waals surface area contributed by atoms with Crippen LogP contribution in [0.25, 0.3) is 0 Å². The Hall–Kier alpha value is -1.61. The number of allylic oxidation sites excluding steroid dienone is 2. The summed E-state index contributed by atoms with van der Waals surface area (Å²) in [6.45, 7) is 3.74. The van der Waals surface area contributed by atoms with Crippen LogP contribution in [0.4, 0.5) is 4.39 Å². The predicted octanol–water partition coefficient (Wildman–Crippen LogP) is 3.83. The summed E-state index contributed by atoms with van der Waals surface area (Å²) in [5.41, 5.74) is -0.274. The highest BCUT2D eigenvalue weighted by Crippen LogP contribution is 2.31. The van der Waals surface area contributed by atoms with Crippen molar-refractivity contribution in [3.05, 3.63) is 54.1 Å². The smallest absolute Gasteiger partial charge is 0.166 e. The quantitative estimate of drug-likeness (QED) is 0.912. The Labute approximate surface area is 132 Å². The molecule has 1 aliphatic heterocycles. The number of benzene rings is 1. The van der Waals surface area contributed by atoms with Crippen molar-refractivity contribution in [1.82, 2.24) is 5.32 Å². The van der Waals surface area contributed by atoms with E-state index in [2.05, 4.69) is 11.4 Å². The van der Waals surface area contributed by atoms with Gasteiger partial charge in [-0.25, -0.2) is 4.39 Å². The van der Waals surface area contributed by atoms with E-state index >= 15 is 0 Å². The molecule has 1 fully saturated rings. The van der Waals surface area contributed by atoms with Crippen molar-refractivity contribution in [3.8, 4) is 5.75 Å². The highest BCUT2D eigenvalue weighted by molar-refractivity contribution is 5.35. The fourth-order valence-electron chi connectivity index (χ4n) is 3.17. The van der Waals surface area contributed by atoms with Crippen LogP contribution in [0.5, 0.6) is 5.75 Å². The molecule has 0 radical (unpaired) electrons. The summed E-state index contributed by atoms with van der Waals surface area (Å²) in [5.74, 6) is 1.50. The standard InChI is InChI=1S/C19H24FNO/c1-19(20)11-5-4-8-18(19)22-17-7-3-2-6-16(17)14-15-9-12-21-13-10-15/h2-8,11,15,18,21H,9-10,12-14H2,1H3. The second kappa shape index (κ2) is 6.66. The van der Waals surface area contributed by atoms with E-state index in [0.29, 0.717) is 5.92 Å². The van der Waals surface area contributed by atoms with Gasteiger partial charge in [0, 0.05) is 0 Å². The Morgan fingerprint density at radius 1 is 1.23 bits per heavy atom. The molecule has 118 valence electrons. The molecule has 0 amide bonds. The highest BCUT2D eigenvalue weighted by atomic mass is 19.1. The number of piperidine rings is 1.